The van der Waals surface area contributed by atoms with E-state index in [2.05, 4.69) is 14.9 Å². The molecule has 108 valence electrons. The highest BCUT2D eigenvalue weighted by Gasteiger charge is 2.31. The highest BCUT2D eigenvalue weighted by Crippen LogP contribution is 2.27. The molecule has 8 heteroatoms. The Morgan fingerprint density at radius 2 is 1.95 bits per heavy atom. The van der Waals surface area contributed by atoms with Gasteiger partial charge in [0.1, 0.15) is 11.6 Å². The maximum absolute atomic E-state index is 12.2. The monoisotopic (exact) mass is 305 g/mol. The second kappa shape index (κ2) is 5.32. The first kappa shape index (κ1) is 14.6. The summed E-state index contributed by atoms with van der Waals surface area (Å²) in [6, 6.07) is 5.49. The molecule has 20 heavy (non-hydrogen) atoms. The predicted octanol–water partition coefficient (Wildman–Crippen LogP) is 3.94. The quantitative estimate of drug-likeness (QED) is 0.862. The Bertz CT molecular complexity index is 610. The number of benzene rings is 1. The summed E-state index contributed by atoms with van der Waals surface area (Å²) in [6.45, 7) is 3.76. The minimum absolute atomic E-state index is 0.0159. The van der Waals surface area contributed by atoms with Crippen LogP contribution in [0.3, 0.4) is 0 Å². The van der Waals surface area contributed by atoms with Gasteiger partial charge in [0.25, 0.3) is 0 Å². The van der Waals surface area contributed by atoms with E-state index in [9.17, 15) is 13.2 Å². The molecule has 0 amide bonds. The molecule has 1 aromatic heterocycles. The molecule has 1 aromatic carbocycles. The molecule has 0 atom stereocenters. The zero-order valence-electron chi connectivity index (χ0n) is 10.6. The fourth-order valence-corrected chi connectivity index (χ4v) is 1.93. The van der Waals surface area contributed by atoms with E-state index in [-0.39, 0.29) is 17.0 Å². The van der Waals surface area contributed by atoms with E-state index < -0.39 is 6.36 Å². The Balaban J connectivity index is 2.44. The first-order valence-corrected chi connectivity index (χ1v) is 6.12. The normalized spacial score (nSPS) is 11.9. The molecule has 0 aliphatic carbocycles. The van der Waals surface area contributed by atoms with E-state index in [1.165, 1.54) is 22.8 Å². The minimum atomic E-state index is -4.74. The first-order chi connectivity index (χ1) is 9.28. The van der Waals surface area contributed by atoms with Crippen LogP contribution in [0.25, 0.3) is 5.69 Å². The summed E-state index contributed by atoms with van der Waals surface area (Å²) in [5, 5.41) is 7.73. The Hall–Kier alpha value is -1.76. The van der Waals surface area contributed by atoms with Crippen molar-refractivity contribution in [3.8, 4) is 11.4 Å². The Morgan fingerprint density at radius 3 is 2.55 bits per heavy atom. The molecule has 0 spiro atoms. The number of aromatic nitrogens is 3. The second-order valence-corrected chi connectivity index (χ2v) is 4.70. The Morgan fingerprint density at radius 1 is 1.25 bits per heavy atom. The van der Waals surface area contributed by atoms with Gasteiger partial charge in [-0.25, -0.2) is 0 Å². The largest absolute Gasteiger partial charge is 0.573 e. The lowest BCUT2D eigenvalue weighted by atomic mass is 10.2. The van der Waals surface area contributed by atoms with Gasteiger partial charge in [0, 0.05) is 12.0 Å². The summed E-state index contributed by atoms with van der Waals surface area (Å²) < 4.78 is 42.0. The lowest BCUT2D eigenvalue weighted by Crippen LogP contribution is -2.17. The zero-order valence-corrected chi connectivity index (χ0v) is 11.4. The van der Waals surface area contributed by atoms with Crippen LogP contribution in [0.1, 0.15) is 25.6 Å². The molecular weight excluding hydrogens is 295 g/mol. The zero-order chi connectivity index (χ0) is 14.9. The van der Waals surface area contributed by atoms with Gasteiger partial charge < -0.3 is 4.74 Å². The molecule has 0 N–H and O–H groups in total. The molecule has 0 aliphatic rings. The third-order valence-corrected chi connectivity index (χ3v) is 2.72. The van der Waals surface area contributed by atoms with Crippen LogP contribution in [0, 0.1) is 0 Å². The number of rotatable bonds is 3. The third kappa shape index (κ3) is 3.22. The lowest BCUT2D eigenvalue weighted by Gasteiger charge is -2.13. The summed E-state index contributed by atoms with van der Waals surface area (Å²) in [5.74, 6) is 0.246. The van der Waals surface area contributed by atoms with Gasteiger partial charge in [-0.3, -0.25) is 4.57 Å². The van der Waals surface area contributed by atoms with E-state index >= 15 is 0 Å². The maximum atomic E-state index is 12.2. The number of hydrogen-bond donors (Lipinski definition) is 0. The molecular formula is C12H11ClF3N3O. The van der Waals surface area contributed by atoms with Gasteiger partial charge in [0.15, 0.2) is 0 Å². The molecule has 2 aromatic rings. The summed E-state index contributed by atoms with van der Waals surface area (Å²) in [7, 11) is 0. The summed E-state index contributed by atoms with van der Waals surface area (Å²) in [5.41, 5.74) is 0.408. The van der Waals surface area contributed by atoms with Crippen LogP contribution < -0.4 is 4.74 Å². The van der Waals surface area contributed by atoms with Crippen LogP contribution in [-0.2, 0) is 0 Å². The average Bonchev–Trinajstić information content (AvgIpc) is 2.69. The second-order valence-electron chi connectivity index (χ2n) is 4.36. The molecule has 0 aliphatic heterocycles. The van der Waals surface area contributed by atoms with Crippen LogP contribution in [0.15, 0.2) is 24.3 Å². The van der Waals surface area contributed by atoms with Crippen molar-refractivity contribution in [2.24, 2.45) is 0 Å². The number of alkyl halides is 3. The fourth-order valence-electron chi connectivity index (χ4n) is 1.71. The van der Waals surface area contributed by atoms with Gasteiger partial charge in [-0.1, -0.05) is 19.9 Å². The van der Waals surface area contributed by atoms with Gasteiger partial charge in [-0.2, -0.15) is 0 Å². The highest BCUT2D eigenvalue weighted by atomic mass is 35.5. The van der Waals surface area contributed by atoms with E-state index in [4.69, 9.17) is 11.6 Å². The van der Waals surface area contributed by atoms with Gasteiger partial charge in [-0.15, -0.1) is 23.4 Å². The van der Waals surface area contributed by atoms with Crippen LogP contribution in [0.5, 0.6) is 5.75 Å². The van der Waals surface area contributed by atoms with Crippen molar-refractivity contribution in [3.63, 3.8) is 0 Å². The van der Waals surface area contributed by atoms with Crippen molar-refractivity contribution in [3.05, 3.63) is 35.4 Å². The summed E-state index contributed by atoms with van der Waals surface area (Å²) >= 11 is 5.94. The lowest BCUT2D eigenvalue weighted by molar-refractivity contribution is -0.274. The number of halogens is 4. The molecule has 0 radical (unpaired) electrons. The van der Waals surface area contributed by atoms with Gasteiger partial charge in [-0.05, 0) is 23.7 Å². The van der Waals surface area contributed by atoms with Gasteiger partial charge >= 0.3 is 6.36 Å². The number of hydrogen-bond acceptors (Lipinski definition) is 3. The minimum Gasteiger partial charge on any atom is -0.406 e. The van der Waals surface area contributed by atoms with E-state index in [0.717, 1.165) is 0 Å². The molecule has 1 heterocycles. The van der Waals surface area contributed by atoms with E-state index in [1.54, 1.807) is 6.07 Å². The van der Waals surface area contributed by atoms with Crippen LogP contribution >= 0.6 is 11.6 Å². The number of ether oxygens (including phenoxy) is 1. The first-order valence-electron chi connectivity index (χ1n) is 5.75. The van der Waals surface area contributed by atoms with Gasteiger partial charge in [0.2, 0.25) is 5.28 Å². The predicted molar refractivity (Wildman–Crippen MR) is 67.1 cm³/mol. The van der Waals surface area contributed by atoms with Crippen molar-refractivity contribution in [2.45, 2.75) is 26.1 Å². The van der Waals surface area contributed by atoms with Crippen LogP contribution in [0.2, 0.25) is 5.28 Å². The molecule has 0 fully saturated rings. The summed E-state index contributed by atoms with van der Waals surface area (Å²) in [6.07, 6.45) is -4.74. The van der Waals surface area contributed by atoms with Crippen molar-refractivity contribution in [2.75, 3.05) is 0 Å². The van der Waals surface area contributed by atoms with Crippen LogP contribution in [-0.4, -0.2) is 21.1 Å². The molecule has 4 nitrogen and oxygen atoms in total. The van der Waals surface area contributed by atoms with Crippen molar-refractivity contribution >= 4 is 11.6 Å². The van der Waals surface area contributed by atoms with Crippen molar-refractivity contribution < 1.29 is 17.9 Å². The van der Waals surface area contributed by atoms with E-state index in [0.29, 0.717) is 11.5 Å². The highest BCUT2D eigenvalue weighted by molar-refractivity contribution is 6.28. The van der Waals surface area contributed by atoms with Crippen molar-refractivity contribution in [1.29, 1.82) is 0 Å². The average molecular weight is 306 g/mol. The smallest absolute Gasteiger partial charge is 0.406 e. The summed E-state index contributed by atoms with van der Waals surface area (Å²) in [4.78, 5) is 0. The topological polar surface area (TPSA) is 39.9 Å². The molecule has 0 saturated heterocycles. The third-order valence-electron chi connectivity index (χ3n) is 2.47. The number of nitrogens with zero attached hydrogens (tertiary/aromatic N) is 3. The fraction of sp³-hybridized carbons (Fsp3) is 0.333. The molecule has 0 bridgehead atoms. The Labute approximate surface area is 118 Å². The van der Waals surface area contributed by atoms with Gasteiger partial charge in [0.05, 0.1) is 5.69 Å². The standard InChI is InChI=1S/C12H11ClF3N3O/c1-7(2)10-17-18-11(13)19(10)8-4-3-5-9(6-8)20-12(14,15)16/h3-7H,1-2H3. The maximum Gasteiger partial charge on any atom is 0.573 e. The van der Waals surface area contributed by atoms with Crippen molar-refractivity contribution in [1.82, 2.24) is 14.8 Å². The molecule has 2 rings (SSSR count). The van der Waals surface area contributed by atoms with Crippen LogP contribution in [0.4, 0.5) is 13.2 Å². The van der Waals surface area contributed by atoms with E-state index in [1.807, 2.05) is 13.8 Å². The SMILES string of the molecule is CC(C)c1nnc(Cl)n1-c1cccc(OC(F)(F)F)c1. The Kier molecular flexibility index (Phi) is 3.89. The molecule has 0 saturated carbocycles. The molecule has 0 unspecified atom stereocenters.